The molecule has 21 heavy (non-hydrogen) atoms. The number of nitrogens with zero attached hydrogens (tertiary/aromatic N) is 1. The molecule has 0 aromatic heterocycles. The molecule has 1 fully saturated rings. The number of nitrogens with one attached hydrogen (secondary N) is 1. The largest absolute Gasteiger partial charge is 0.380 e. The van der Waals surface area contributed by atoms with Gasteiger partial charge in [-0.2, -0.15) is 0 Å². The maximum Gasteiger partial charge on any atom is 0.0593 e. The van der Waals surface area contributed by atoms with Crippen molar-refractivity contribution in [3.8, 4) is 0 Å². The van der Waals surface area contributed by atoms with Crippen molar-refractivity contribution in [3.05, 3.63) is 0 Å². The summed E-state index contributed by atoms with van der Waals surface area (Å²) in [6, 6.07) is 0.722. The fraction of sp³-hybridized carbons (Fsp3) is 1.00. The first-order valence-electron chi connectivity index (χ1n) is 8.89. The van der Waals surface area contributed by atoms with Crippen LogP contribution in [0.2, 0.25) is 0 Å². The third-order valence-electron chi connectivity index (χ3n) is 4.46. The van der Waals surface area contributed by atoms with Gasteiger partial charge in [0.05, 0.1) is 13.2 Å². The lowest BCUT2D eigenvalue weighted by Gasteiger charge is -2.31. The third-order valence-corrected chi connectivity index (χ3v) is 4.46. The quantitative estimate of drug-likeness (QED) is 0.562. The first kappa shape index (κ1) is 18.9. The summed E-state index contributed by atoms with van der Waals surface area (Å²) in [7, 11) is 0. The summed E-state index contributed by atoms with van der Waals surface area (Å²) in [4.78, 5) is 2.45. The molecule has 2 atom stereocenters. The molecule has 0 amide bonds. The summed E-state index contributed by atoms with van der Waals surface area (Å²) in [5, 5.41) is 3.76. The molecule has 0 aliphatic heterocycles. The summed E-state index contributed by atoms with van der Waals surface area (Å²) in [6.07, 6.45) is 5.53. The van der Waals surface area contributed by atoms with Gasteiger partial charge in [-0.05, 0) is 32.6 Å². The maximum atomic E-state index is 5.48. The SMILES string of the molecule is CCOCCN(CCNC1CCCCC1C)CCOCC. The van der Waals surface area contributed by atoms with Gasteiger partial charge in [0.15, 0.2) is 0 Å². The van der Waals surface area contributed by atoms with Crippen molar-refractivity contribution in [2.75, 3.05) is 52.6 Å². The van der Waals surface area contributed by atoms with Crippen LogP contribution >= 0.6 is 0 Å². The van der Waals surface area contributed by atoms with Crippen LogP contribution in [0.1, 0.15) is 46.5 Å². The van der Waals surface area contributed by atoms with Crippen LogP contribution in [-0.2, 0) is 9.47 Å². The predicted octanol–water partition coefficient (Wildman–Crippen LogP) is 2.53. The van der Waals surface area contributed by atoms with Crippen LogP contribution in [-0.4, -0.2) is 63.5 Å². The van der Waals surface area contributed by atoms with Crippen molar-refractivity contribution in [2.45, 2.75) is 52.5 Å². The number of rotatable bonds is 12. The lowest BCUT2D eigenvalue weighted by molar-refractivity contribution is 0.0823. The standard InChI is InChI=1S/C17H36N2O2/c1-4-20-14-12-19(13-15-21-5-2)11-10-18-17-9-7-6-8-16(17)3/h16-18H,4-15H2,1-3H3. The molecule has 4 nitrogen and oxygen atoms in total. The Balaban J connectivity index is 2.19. The van der Waals surface area contributed by atoms with E-state index in [1.165, 1.54) is 25.7 Å². The topological polar surface area (TPSA) is 33.7 Å². The zero-order chi connectivity index (χ0) is 15.3. The Kier molecular flexibility index (Phi) is 11.1. The molecule has 2 unspecified atom stereocenters. The van der Waals surface area contributed by atoms with Gasteiger partial charge < -0.3 is 14.8 Å². The van der Waals surface area contributed by atoms with E-state index in [0.717, 1.165) is 64.6 Å². The summed E-state index contributed by atoms with van der Waals surface area (Å²) in [5.41, 5.74) is 0. The van der Waals surface area contributed by atoms with Crippen LogP contribution in [0.3, 0.4) is 0 Å². The summed E-state index contributed by atoms with van der Waals surface area (Å²) in [5.74, 6) is 0.832. The number of hydrogen-bond donors (Lipinski definition) is 1. The fourth-order valence-electron chi connectivity index (χ4n) is 3.04. The zero-order valence-electron chi connectivity index (χ0n) is 14.4. The van der Waals surface area contributed by atoms with Crippen molar-refractivity contribution in [2.24, 2.45) is 5.92 Å². The molecule has 4 heteroatoms. The van der Waals surface area contributed by atoms with E-state index in [2.05, 4.69) is 31.0 Å². The smallest absolute Gasteiger partial charge is 0.0593 e. The Labute approximate surface area is 131 Å². The van der Waals surface area contributed by atoms with Crippen molar-refractivity contribution < 1.29 is 9.47 Å². The molecule has 1 aliphatic carbocycles. The van der Waals surface area contributed by atoms with E-state index in [9.17, 15) is 0 Å². The third kappa shape index (κ3) is 8.77. The molecule has 0 saturated heterocycles. The van der Waals surface area contributed by atoms with E-state index in [-0.39, 0.29) is 0 Å². The van der Waals surface area contributed by atoms with E-state index in [1.807, 2.05) is 0 Å². The lowest BCUT2D eigenvalue weighted by atomic mass is 9.86. The van der Waals surface area contributed by atoms with Crippen molar-refractivity contribution in [1.29, 1.82) is 0 Å². The second-order valence-corrected chi connectivity index (χ2v) is 6.06. The molecule has 0 radical (unpaired) electrons. The molecule has 0 spiro atoms. The Morgan fingerprint density at radius 1 is 0.952 bits per heavy atom. The number of hydrogen-bond acceptors (Lipinski definition) is 4. The van der Waals surface area contributed by atoms with Gasteiger partial charge in [-0.15, -0.1) is 0 Å². The minimum absolute atomic E-state index is 0.722. The summed E-state index contributed by atoms with van der Waals surface area (Å²) >= 11 is 0. The van der Waals surface area contributed by atoms with E-state index >= 15 is 0 Å². The van der Waals surface area contributed by atoms with E-state index < -0.39 is 0 Å². The normalized spacial score (nSPS) is 22.9. The highest BCUT2D eigenvalue weighted by atomic mass is 16.5. The molecule has 1 rings (SSSR count). The van der Waals surface area contributed by atoms with Gasteiger partial charge in [0.2, 0.25) is 0 Å². The van der Waals surface area contributed by atoms with Crippen LogP contribution in [0, 0.1) is 5.92 Å². The molecule has 1 N–H and O–H groups in total. The average molecular weight is 300 g/mol. The van der Waals surface area contributed by atoms with E-state index in [4.69, 9.17) is 9.47 Å². The second kappa shape index (κ2) is 12.4. The van der Waals surface area contributed by atoms with Gasteiger partial charge >= 0.3 is 0 Å². The van der Waals surface area contributed by atoms with Gasteiger partial charge in [-0.3, -0.25) is 4.90 Å². The molecule has 0 aromatic carbocycles. The first-order chi connectivity index (χ1) is 10.3. The fourth-order valence-corrected chi connectivity index (χ4v) is 3.04. The lowest BCUT2D eigenvalue weighted by Crippen LogP contribution is -2.43. The van der Waals surface area contributed by atoms with Crippen molar-refractivity contribution in [3.63, 3.8) is 0 Å². The predicted molar refractivity (Wildman–Crippen MR) is 88.8 cm³/mol. The minimum Gasteiger partial charge on any atom is -0.380 e. The van der Waals surface area contributed by atoms with E-state index in [0.29, 0.717) is 0 Å². The highest BCUT2D eigenvalue weighted by Gasteiger charge is 2.20. The van der Waals surface area contributed by atoms with Crippen LogP contribution < -0.4 is 5.32 Å². The van der Waals surface area contributed by atoms with Gasteiger partial charge in [0.25, 0.3) is 0 Å². The minimum atomic E-state index is 0.722. The molecule has 0 heterocycles. The molecule has 0 aromatic rings. The molecular weight excluding hydrogens is 264 g/mol. The summed E-state index contributed by atoms with van der Waals surface area (Å²) in [6.45, 7) is 13.9. The molecule has 1 aliphatic rings. The molecular formula is C17H36N2O2. The Morgan fingerprint density at radius 2 is 1.57 bits per heavy atom. The highest BCUT2D eigenvalue weighted by molar-refractivity contribution is 4.78. The average Bonchev–Trinajstić information content (AvgIpc) is 2.49. The maximum absolute atomic E-state index is 5.48. The number of ether oxygens (including phenoxy) is 2. The Bertz CT molecular complexity index is 229. The van der Waals surface area contributed by atoms with Gasteiger partial charge in [-0.25, -0.2) is 0 Å². The van der Waals surface area contributed by atoms with Crippen LogP contribution in [0.4, 0.5) is 0 Å². The molecule has 1 saturated carbocycles. The van der Waals surface area contributed by atoms with Crippen LogP contribution in [0.15, 0.2) is 0 Å². The Hall–Kier alpha value is -0.160. The van der Waals surface area contributed by atoms with Crippen LogP contribution in [0.25, 0.3) is 0 Å². The van der Waals surface area contributed by atoms with E-state index in [1.54, 1.807) is 0 Å². The summed E-state index contributed by atoms with van der Waals surface area (Å²) < 4.78 is 11.0. The Morgan fingerprint density at radius 3 is 2.14 bits per heavy atom. The van der Waals surface area contributed by atoms with Gasteiger partial charge in [0.1, 0.15) is 0 Å². The molecule has 126 valence electrons. The first-order valence-corrected chi connectivity index (χ1v) is 8.89. The van der Waals surface area contributed by atoms with Gasteiger partial charge in [0, 0.05) is 45.4 Å². The van der Waals surface area contributed by atoms with Crippen LogP contribution in [0.5, 0.6) is 0 Å². The second-order valence-electron chi connectivity index (χ2n) is 6.06. The van der Waals surface area contributed by atoms with Gasteiger partial charge in [-0.1, -0.05) is 19.8 Å². The highest BCUT2D eigenvalue weighted by Crippen LogP contribution is 2.23. The zero-order valence-corrected chi connectivity index (χ0v) is 14.4. The van der Waals surface area contributed by atoms with Crippen molar-refractivity contribution >= 4 is 0 Å². The monoisotopic (exact) mass is 300 g/mol. The molecule has 0 bridgehead atoms. The van der Waals surface area contributed by atoms with Crippen molar-refractivity contribution in [1.82, 2.24) is 10.2 Å².